The number of amides is 2. The molecule has 1 aliphatic heterocycles. The van der Waals surface area contributed by atoms with Crippen LogP contribution in [0.15, 0.2) is 24.3 Å². The number of alkyl halides is 1. The fourth-order valence-electron chi connectivity index (χ4n) is 3.51. The Balaban J connectivity index is 1.59. The molecule has 2 aromatic rings. The molecule has 2 N–H and O–H groups in total. The maximum atomic E-state index is 13.8. The van der Waals surface area contributed by atoms with Crippen LogP contribution in [0.5, 0.6) is 0 Å². The van der Waals surface area contributed by atoms with Crippen LogP contribution in [0.4, 0.5) is 10.1 Å². The first-order valence-electron chi connectivity index (χ1n) is 9.44. The van der Waals surface area contributed by atoms with Gasteiger partial charge in [-0.1, -0.05) is 0 Å². The zero-order valence-corrected chi connectivity index (χ0v) is 16.2. The van der Waals surface area contributed by atoms with Gasteiger partial charge in [0.15, 0.2) is 5.67 Å². The molecule has 0 spiro atoms. The van der Waals surface area contributed by atoms with Crippen molar-refractivity contribution in [2.45, 2.75) is 31.5 Å². The lowest BCUT2D eigenvalue weighted by molar-refractivity contribution is -0.128. The van der Waals surface area contributed by atoms with E-state index in [1.807, 2.05) is 6.92 Å². The minimum absolute atomic E-state index is 0.0349. The van der Waals surface area contributed by atoms with E-state index >= 15 is 0 Å². The topological polar surface area (TPSA) is 103 Å². The van der Waals surface area contributed by atoms with Gasteiger partial charge in [-0.3, -0.25) is 14.3 Å². The van der Waals surface area contributed by atoms with Gasteiger partial charge in [-0.2, -0.15) is 10.4 Å². The molecule has 29 heavy (non-hydrogen) atoms. The standard InChI is InChI=1S/C20H21FN6O2/c1-12-10-26(11-24-19(29)20(21)5-6-20)18(28)17-8-16(25-27(12)17)14-4-3-13(9-22)7-15(14)23-2/h3-4,7-8,12,23H,5-6,10-11H2,1-2H3,(H,24,29). The average molecular weight is 396 g/mol. The number of carbonyl (C=O) groups excluding carboxylic acids is 2. The number of halogens is 1. The second kappa shape index (κ2) is 6.88. The SMILES string of the molecule is CNc1cc(C#N)ccc1-c1cc2n(n1)C(C)CN(CNC(=O)C1(F)CC1)C2=O. The molecule has 4 rings (SSSR count). The Morgan fingerprint density at radius 3 is 2.83 bits per heavy atom. The number of rotatable bonds is 5. The molecule has 150 valence electrons. The number of nitrogens with one attached hydrogen (secondary N) is 2. The minimum atomic E-state index is -1.77. The van der Waals surface area contributed by atoms with Crippen LogP contribution in [0, 0.1) is 11.3 Å². The molecule has 1 unspecified atom stereocenters. The summed E-state index contributed by atoms with van der Waals surface area (Å²) >= 11 is 0. The van der Waals surface area contributed by atoms with Crippen molar-refractivity contribution in [3.05, 3.63) is 35.5 Å². The highest BCUT2D eigenvalue weighted by molar-refractivity contribution is 5.95. The fourth-order valence-corrected chi connectivity index (χ4v) is 3.51. The second-order valence-corrected chi connectivity index (χ2v) is 7.49. The maximum Gasteiger partial charge on any atom is 0.273 e. The van der Waals surface area contributed by atoms with Crippen LogP contribution in [0.25, 0.3) is 11.3 Å². The van der Waals surface area contributed by atoms with E-state index < -0.39 is 11.6 Å². The molecule has 2 amide bonds. The van der Waals surface area contributed by atoms with Crippen LogP contribution in [-0.2, 0) is 4.79 Å². The van der Waals surface area contributed by atoms with Crippen LogP contribution in [0.1, 0.15) is 41.9 Å². The highest BCUT2D eigenvalue weighted by atomic mass is 19.1. The summed E-state index contributed by atoms with van der Waals surface area (Å²) in [7, 11) is 1.76. The third-order valence-corrected chi connectivity index (χ3v) is 5.36. The van der Waals surface area contributed by atoms with Gasteiger partial charge in [0, 0.05) is 24.8 Å². The lowest BCUT2D eigenvalue weighted by Crippen LogP contribution is -2.49. The van der Waals surface area contributed by atoms with E-state index in [1.165, 1.54) is 4.90 Å². The number of nitriles is 1. The van der Waals surface area contributed by atoms with E-state index in [4.69, 9.17) is 5.26 Å². The van der Waals surface area contributed by atoms with Crippen molar-refractivity contribution in [1.29, 1.82) is 5.26 Å². The Hall–Kier alpha value is -3.41. The number of hydrogen-bond acceptors (Lipinski definition) is 5. The summed E-state index contributed by atoms with van der Waals surface area (Å²) in [6.45, 7) is 2.25. The van der Waals surface area contributed by atoms with Crippen LogP contribution in [-0.4, -0.2) is 52.4 Å². The van der Waals surface area contributed by atoms with Crippen LogP contribution in [0.2, 0.25) is 0 Å². The first kappa shape index (κ1) is 18.9. The maximum absolute atomic E-state index is 13.8. The van der Waals surface area contributed by atoms with Crippen molar-refractivity contribution in [2.75, 3.05) is 25.6 Å². The van der Waals surface area contributed by atoms with E-state index in [2.05, 4.69) is 21.8 Å². The highest BCUT2D eigenvalue weighted by Crippen LogP contribution is 2.39. The second-order valence-electron chi connectivity index (χ2n) is 7.49. The van der Waals surface area contributed by atoms with Crippen molar-refractivity contribution >= 4 is 17.5 Å². The van der Waals surface area contributed by atoms with Gasteiger partial charge < -0.3 is 15.5 Å². The number of carbonyl (C=O) groups is 2. The molecule has 2 aliphatic rings. The molecular formula is C20H21FN6O2. The molecule has 1 fully saturated rings. The van der Waals surface area contributed by atoms with Crippen LogP contribution >= 0.6 is 0 Å². The lowest BCUT2D eigenvalue weighted by Gasteiger charge is -2.31. The van der Waals surface area contributed by atoms with Gasteiger partial charge in [-0.15, -0.1) is 0 Å². The normalized spacial score (nSPS) is 19.3. The molecule has 0 saturated heterocycles. The van der Waals surface area contributed by atoms with E-state index in [1.54, 1.807) is 36.0 Å². The summed E-state index contributed by atoms with van der Waals surface area (Å²) in [5.41, 5.74) is 1.29. The Kier molecular flexibility index (Phi) is 4.49. The number of benzene rings is 1. The van der Waals surface area contributed by atoms with Gasteiger partial charge in [0.1, 0.15) is 5.69 Å². The molecule has 1 atom stereocenters. The molecule has 9 heteroatoms. The molecule has 1 aromatic carbocycles. The molecule has 1 aliphatic carbocycles. The molecule has 1 aromatic heterocycles. The summed E-state index contributed by atoms with van der Waals surface area (Å²) in [5, 5.41) is 19.3. The molecular weight excluding hydrogens is 375 g/mol. The largest absolute Gasteiger partial charge is 0.388 e. The molecule has 0 bridgehead atoms. The summed E-state index contributed by atoms with van der Waals surface area (Å²) < 4.78 is 15.5. The van der Waals surface area contributed by atoms with E-state index in [0.717, 1.165) is 11.3 Å². The van der Waals surface area contributed by atoms with Gasteiger partial charge in [0.25, 0.3) is 11.8 Å². The van der Waals surface area contributed by atoms with E-state index in [9.17, 15) is 14.0 Å². The van der Waals surface area contributed by atoms with Gasteiger partial charge in [0.2, 0.25) is 0 Å². The van der Waals surface area contributed by atoms with Crippen molar-refractivity contribution < 1.29 is 14.0 Å². The fraction of sp³-hybridized carbons (Fsp3) is 0.400. The first-order chi connectivity index (χ1) is 13.9. The van der Waals surface area contributed by atoms with Crippen LogP contribution < -0.4 is 10.6 Å². The van der Waals surface area contributed by atoms with Gasteiger partial charge in [-0.25, -0.2) is 4.39 Å². The summed E-state index contributed by atoms with van der Waals surface area (Å²) in [6.07, 6.45) is 0.468. The molecule has 8 nitrogen and oxygen atoms in total. The monoisotopic (exact) mass is 396 g/mol. The Labute approximate surface area is 167 Å². The summed E-state index contributed by atoms with van der Waals surface area (Å²) in [4.78, 5) is 26.2. The van der Waals surface area contributed by atoms with Gasteiger partial charge >= 0.3 is 0 Å². The third-order valence-electron chi connectivity index (χ3n) is 5.36. The van der Waals surface area contributed by atoms with Gasteiger partial charge in [0.05, 0.1) is 30.0 Å². The number of aromatic nitrogens is 2. The smallest absolute Gasteiger partial charge is 0.273 e. The zero-order valence-electron chi connectivity index (χ0n) is 16.2. The highest BCUT2D eigenvalue weighted by Gasteiger charge is 2.51. The molecule has 0 radical (unpaired) electrons. The number of hydrogen-bond donors (Lipinski definition) is 2. The molecule has 1 saturated carbocycles. The Bertz CT molecular complexity index is 1040. The van der Waals surface area contributed by atoms with Crippen LogP contribution in [0.3, 0.4) is 0 Å². The van der Waals surface area contributed by atoms with E-state index in [-0.39, 0.29) is 31.5 Å². The number of fused-ring (bicyclic) bond motifs is 1. The van der Waals surface area contributed by atoms with Crippen molar-refractivity contribution in [2.24, 2.45) is 0 Å². The predicted octanol–water partition coefficient (Wildman–Crippen LogP) is 2.06. The lowest BCUT2D eigenvalue weighted by atomic mass is 10.1. The first-order valence-corrected chi connectivity index (χ1v) is 9.44. The average Bonchev–Trinajstić information content (AvgIpc) is 3.32. The number of nitrogens with zero attached hydrogens (tertiary/aromatic N) is 4. The summed E-state index contributed by atoms with van der Waals surface area (Å²) in [6, 6.07) is 8.92. The molecule has 2 heterocycles. The Morgan fingerprint density at radius 2 is 2.17 bits per heavy atom. The van der Waals surface area contributed by atoms with Crippen molar-refractivity contribution in [1.82, 2.24) is 20.0 Å². The van der Waals surface area contributed by atoms with Crippen molar-refractivity contribution in [3.8, 4) is 17.3 Å². The predicted molar refractivity (Wildman–Crippen MR) is 104 cm³/mol. The Morgan fingerprint density at radius 1 is 1.41 bits per heavy atom. The summed E-state index contributed by atoms with van der Waals surface area (Å²) in [5.74, 6) is -0.931. The van der Waals surface area contributed by atoms with Crippen molar-refractivity contribution in [3.63, 3.8) is 0 Å². The number of anilines is 1. The van der Waals surface area contributed by atoms with E-state index in [0.29, 0.717) is 23.5 Å². The van der Waals surface area contributed by atoms with Gasteiger partial charge in [-0.05, 0) is 44.0 Å². The zero-order chi connectivity index (χ0) is 20.8. The third kappa shape index (κ3) is 3.31. The quantitative estimate of drug-likeness (QED) is 0.805. The minimum Gasteiger partial charge on any atom is -0.388 e.